The predicted molar refractivity (Wildman–Crippen MR) is 69.5 cm³/mol. The fourth-order valence-corrected chi connectivity index (χ4v) is 2.14. The normalized spacial score (nSPS) is 14.0. The molecule has 1 aromatic carbocycles. The van der Waals surface area contributed by atoms with Gasteiger partial charge in [0.25, 0.3) is 0 Å². The van der Waals surface area contributed by atoms with E-state index >= 15 is 0 Å². The molecule has 0 aliphatic rings. The number of alkyl halides is 6. The third-order valence-electron chi connectivity index (χ3n) is 3.23. The third kappa shape index (κ3) is 4.28. The van der Waals surface area contributed by atoms with E-state index in [4.69, 9.17) is 10.5 Å². The van der Waals surface area contributed by atoms with Crippen molar-refractivity contribution in [3.63, 3.8) is 0 Å². The molecule has 0 aliphatic heterocycles. The zero-order valence-corrected chi connectivity index (χ0v) is 12.1. The summed E-state index contributed by atoms with van der Waals surface area (Å²) in [6, 6.07) is -0.408. The molecule has 0 saturated heterocycles. The van der Waals surface area contributed by atoms with Crippen LogP contribution in [0.3, 0.4) is 0 Å². The van der Waals surface area contributed by atoms with Crippen LogP contribution in [-0.4, -0.2) is 7.11 Å². The highest BCUT2D eigenvalue weighted by atomic mass is 19.4. The lowest BCUT2D eigenvalue weighted by Crippen LogP contribution is -2.20. The minimum atomic E-state index is -4.95. The fourth-order valence-electron chi connectivity index (χ4n) is 2.14. The van der Waals surface area contributed by atoms with Crippen LogP contribution >= 0.6 is 0 Å². The van der Waals surface area contributed by atoms with Crippen molar-refractivity contribution in [1.29, 1.82) is 0 Å². The van der Waals surface area contributed by atoms with Gasteiger partial charge in [-0.2, -0.15) is 26.3 Å². The highest BCUT2D eigenvalue weighted by Gasteiger charge is 2.40. The largest absolute Gasteiger partial charge is 0.496 e. The number of unbranched alkanes of at least 4 members (excludes halogenated alkanes) is 1. The first kappa shape index (κ1) is 18.6. The van der Waals surface area contributed by atoms with Crippen LogP contribution in [0, 0.1) is 0 Å². The van der Waals surface area contributed by atoms with Crippen LogP contribution < -0.4 is 10.5 Å². The fraction of sp³-hybridized carbons (Fsp3) is 0.571. The summed E-state index contributed by atoms with van der Waals surface area (Å²) >= 11 is 0. The van der Waals surface area contributed by atoms with E-state index in [0.29, 0.717) is 18.9 Å². The predicted octanol–water partition coefficient (Wildman–Crippen LogP) is 4.92. The van der Waals surface area contributed by atoms with Gasteiger partial charge in [-0.3, -0.25) is 0 Å². The Bertz CT molecular complexity index is 509. The maximum absolute atomic E-state index is 13.1. The summed E-state index contributed by atoms with van der Waals surface area (Å²) in [5, 5.41) is 0. The molecule has 0 unspecified atom stereocenters. The molecule has 0 radical (unpaired) electrons. The Hall–Kier alpha value is -1.44. The van der Waals surface area contributed by atoms with Crippen molar-refractivity contribution in [2.24, 2.45) is 5.73 Å². The van der Waals surface area contributed by atoms with Gasteiger partial charge in [0, 0.05) is 11.6 Å². The van der Waals surface area contributed by atoms with E-state index in [2.05, 4.69) is 0 Å². The lowest BCUT2D eigenvalue weighted by molar-refractivity contribution is -0.143. The van der Waals surface area contributed by atoms with Crippen molar-refractivity contribution < 1.29 is 31.1 Å². The molecule has 0 heterocycles. The molecule has 22 heavy (non-hydrogen) atoms. The average Bonchev–Trinajstić information content (AvgIpc) is 2.41. The van der Waals surface area contributed by atoms with Gasteiger partial charge in [-0.05, 0) is 18.6 Å². The molecule has 0 amide bonds. The topological polar surface area (TPSA) is 35.2 Å². The van der Waals surface area contributed by atoms with Crippen molar-refractivity contribution in [2.45, 2.75) is 44.6 Å². The lowest BCUT2D eigenvalue weighted by Gasteiger charge is -2.23. The first-order chi connectivity index (χ1) is 10.0. The van der Waals surface area contributed by atoms with Crippen molar-refractivity contribution in [3.8, 4) is 5.75 Å². The molecule has 0 bridgehead atoms. The van der Waals surface area contributed by atoms with Gasteiger partial charge in [-0.1, -0.05) is 19.8 Å². The number of nitrogens with two attached hydrogens (primary N) is 1. The van der Waals surface area contributed by atoms with Crippen LogP contribution in [0.25, 0.3) is 0 Å². The molecule has 0 spiro atoms. The van der Waals surface area contributed by atoms with Gasteiger partial charge in [0.15, 0.2) is 0 Å². The first-order valence-electron chi connectivity index (χ1n) is 6.64. The standard InChI is InChI=1S/C14H17F6NO/c1-3-4-5-10(21)12-9(14(18,19)20)6-8(13(15,16)17)7-11(12)22-2/h6-7,10H,3-5,21H2,1-2H3/t10-/m1/s1. The van der Waals surface area contributed by atoms with Gasteiger partial charge in [0.05, 0.1) is 18.2 Å². The summed E-state index contributed by atoms with van der Waals surface area (Å²) in [5.74, 6) is -0.495. The number of benzene rings is 1. The molecule has 2 nitrogen and oxygen atoms in total. The van der Waals surface area contributed by atoms with Gasteiger partial charge in [0.2, 0.25) is 0 Å². The molecule has 1 aromatic rings. The molecule has 0 saturated carbocycles. The molecular weight excluding hydrogens is 312 g/mol. The number of halogens is 6. The Labute approximate surface area is 124 Å². The first-order valence-corrected chi connectivity index (χ1v) is 6.64. The Kier molecular flexibility index (Phi) is 5.72. The Balaban J connectivity index is 3.52. The molecule has 0 aromatic heterocycles. The second-order valence-electron chi connectivity index (χ2n) is 4.88. The van der Waals surface area contributed by atoms with E-state index in [1.54, 1.807) is 0 Å². The highest BCUT2D eigenvalue weighted by Crippen LogP contribution is 2.43. The SMILES string of the molecule is CCCC[C@@H](N)c1c(OC)cc(C(F)(F)F)cc1C(F)(F)F. The molecular formula is C14H17F6NO. The summed E-state index contributed by atoms with van der Waals surface area (Å²) < 4.78 is 82.4. The van der Waals surface area contributed by atoms with Crippen molar-refractivity contribution in [3.05, 3.63) is 28.8 Å². The van der Waals surface area contributed by atoms with E-state index in [1.165, 1.54) is 0 Å². The number of hydrogen-bond donors (Lipinski definition) is 1. The highest BCUT2D eigenvalue weighted by molar-refractivity contribution is 5.48. The smallest absolute Gasteiger partial charge is 0.416 e. The van der Waals surface area contributed by atoms with Gasteiger partial charge in [-0.15, -0.1) is 0 Å². The number of ether oxygens (including phenoxy) is 1. The van der Waals surface area contributed by atoms with Crippen LogP contribution in [0.5, 0.6) is 5.75 Å². The Morgan fingerprint density at radius 1 is 1.09 bits per heavy atom. The van der Waals surface area contributed by atoms with E-state index in [0.717, 1.165) is 7.11 Å². The zero-order valence-electron chi connectivity index (χ0n) is 12.1. The summed E-state index contributed by atoms with van der Waals surface area (Å²) in [4.78, 5) is 0. The number of rotatable bonds is 5. The molecule has 2 N–H and O–H groups in total. The van der Waals surface area contributed by atoms with Gasteiger partial charge < -0.3 is 10.5 Å². The number of hydrogen-bond acceptors (Lipinski definition) is 2. The monoisotopic (exact) mass is 329 g/mol. The summed E-state index contributed by atoms with van der Waals surface area (Å²) in [5.41, 5.74) is 2.51. The van der Waals surface area contributed by atoms with Crippen molar-refractivity contribution in [2.75, 3.05) is 7.11 Å². The van der Waals surface area contributed by atoms with Crippen molar-refractivity contribution in [1.82, 2.24) is 0 Å². The van der Waals surface area contributed by atoms with Crippen LogP contribution in [0.2, 0.25) is 0 Å². The van der Waals surface area contributed by atoms with Crippen molar-refractivity contribution >= 4 is 0 Å². The Morgan fingerprint density at radius 3 is 2.09 bits per heavy atom. The summed E-state index contributed by atoms with van der Waals surface area (Å²) in [7, 11) is 1.02. The maximum atomic E-state index is 13.1. The van der Waals surface area contributed by atoms with E-state index in [1.807, 2.05) is 6.92 Å². The van der Waals surface area contributed by atoms with Gasteiger partial charge in [-0.25, -0.2) is 0 Å². The molecule has 0 aliphatic carbocycles. The molecule has 1 atom stereocenters. The molecule has 0 fully saturated rings. The maximum Gasteiger partial charge on any atom is 0.416 e. The third-order valence-corrected chi connectivity index (χ3v) is 3.23. The van der Waals surface area contributed by atoms with Gasteiger partial charge >= 0.3 is 12.4 Å². The van der Waals surface area contributed by atoms with Crippen LogP contribution in [0.15, 0.2) is 12.1 Å². The van der Waals surface area contributed by atoms with E-state index in [9.17, 15) is 26.3 Å². The summed E-state index contributed by atoms with van der Waals surface area (Å²) in [6.07, 6.45) is -8.37. The second-order valence-corrected chi connectivity index (χ2v) is 4.88. The van der Waals surface area contributed by atoms with E-state index in [-0.39, 0.29) is 12.5 Å². The molecule has 8 heteroatoms. The minimum Gasteiger partial charge on any atom is -0.496 e. The second kappa shape index (κ2) is 6.76. The lowest BCUT2D eigenvalue weighted by atomic mass is 9.93. The van der Waals surface area contributed by atoms with Crippen LogP contribution in [0.4, 0.5) is 26.3 Å². The van der Waals surface area contributed by atoms with Gasteiger partial charge in [0.1, 0.15) is 5.75 Å². The molecule has 126 valence electrons. The average molecular weight is 329 g/mol. The Morgan fingerprint density at radius 2 is 1.68 bits per heavy atom. The number of methoxy groups -OCH3 is 1. The summed E-state index contributed by atoms with van der Waals surface area (Å²) in [6.45, 7) is 1.83. The quantitative estimate of drug-likeness (QED) is 0.778. The van der Waals surface area contributed by atoms with Crippen LogP contribution in [0.1, 0.15) is 48.9 Å². The molecule has 1 rings (SSSR count). The minimum absolute atomic E-state index is 0.0870. The zero-order chi connectivity index (χ0) is 17.1. The van der Waals surface area contributed by atoms with E-state index < -0.39 is 40.8 Å². The van der Waals surface area contributed by atoms with Crippen LogP contribution in [-0.2, 0) is 12.4 Å².